The van der Waals surface area contributed by atoms with E-state index in [0.717, 1.165) is 32.1 Å². The van der Waals surface area contributed by atoms with Gasteiger partial charge in [-0.2, -0.15) is 0 Å². The van der Waals surface area contributed by atoms with E-state index in [-0.39, 0.29) is 6.61 Å². The second kappa shape index (κ2) is 11.7. The summed E-state index contributed by atoms with van der Waals surface area (Å²) in [6, 6.07) is 8.63. The summed E-state index contributed by atoms with van der Waals surface area (Å²) in [5.41, 5.74) is 0. The molecule has 23 heavy (non-hydrogen) atoms. The Labute approximate surface area is 140 Å². The van der Waals surface area contributed by atoms with Gasteiger partial charge in [-0.15, -0.1) is 0 Å². The Hall–Kier alpha value is -0.830. The van der Waals surface area contributed by atoms with Gasteiger partial charge in [0.1, 0.15) is 5.75 Å². The summed E-state index contributed by atoms with van der Waals surface area (Å²) in [5.74, 6) is 0.679. The van der Waals surface area contributed by atoms with Crippen LogP contribution >= 0.6 is 7.82 Å². The maximum Gasteiger partial charge on any atom is 0.527 e. The fraction of sp³-hybridized carbons (Fsp3) is 0.667. The van der Waals surface area contributed by atoms with Gasteiger partial charge in [-0.25, -0.2) is 4.57 Å². The number of unbranched alkanes of at least 4 members (excludes halogenated alkanes) is 4. The first kappa shape index (κ1) is 20.2. The number of benzene rings is 1. The zero-order chi connectivity index (χ0) is 17.0. The van der Waals surface area contributed by atoms with Gasteiger partial charge < -0.3 is 4.52 Å². The van der Waals surface area contributed by atoms with Crippen molar-refractivity contribution in [1.82, 2.24) is 0 Å². The monoisotopic (exact) mass is 342 g/mol. The Morgan fingerprint density at radius 3 is 2.30 bits per heavy atom. The highest BCUT2D eigenvalue weighted by atomic mass is 31.2. The highest BCUT2D eigenvalue weighted by molar-refractivity contribution is 7.47. The minimum Gasteiger partial charge on any atom is -0.404 e. The van der Waals surface area contributed by atoms with Crippen molar-refractivity contribution in [3.8, 4) is 5.75 Å². The van der Waals surface area contributed by atoms with Crippen molar-refractivity contribution in [2.45, 2.75) is 65.2 Å². The van der Waals surface area contributed by atoms with Gasteiger partial charge in [0.15, 0.2) is 0 Å². The van der Waals surface area contributed by atoms with Crippen LogP contribution in [0.1, 0.15) is 65.2 Å². The fourth-order valence-electron chi connectivity index (χ4n) is 2.50. The lowest BCUT2D eigenvalue weighted by molar-refractivity contribution is 0.162. The zero-order valence-electron chi connectivity index (χ0n) is 14.4. The van der Waals surface area contributed by atoms with Gasteiger partial charge in [0.25, 0.3) is 0 Å². The van der Waals surface area contributed by atoms with Gasteiger partial charge >= 0.3 is 7.82 Å². The number of rotatable bonds is 13. The van der Waals surface area contributed by atoms with Crippen LogP contribution < -0.4 is 4.52 Å². The van der Waals surface area contributed by atoms with E-state index in [0.29, 0.717) is 11.7 Å². The summed E-state index contributed by atoms with van der Waals surface area (Å²) in [5, 5.41) is 0. The average molecular weight is 342 g/mol. The molecule has 0 aliphatic heterocycles. The third-order valence-corrected chi connectivity index (χ3v) is 4.79. The van der Waals surface area contributed by atoms with Crippen molar-refractivity contribution >= 4 is 7.82 Å². The van der Waals surface area contributed by atoms with Crippen LogP contribution in [0.5, 0.6) is 5.75 Å². The van der Waals surface area contributed by atoms with Gasteiger partial charge in [-0.3, -0.25) is 9.42 Å². The van der Waals surface area contributed by atoms with Gasteiger partial charge in [-0.05, 0) is 30.9 Å². The quantitative estimate of drug-likeness (QED) is 0.355. The maximum absolute atomic E-state index is 12.0. The number of para-hydroxylation sites is 1. The van der Waals surface area contributed by atoms with Crippen LogP contribution in [-0.2, 0) is 9.09 Å². The van der Waals surface area contributed by atoms with Crippen molar-refractivity contribution < 1.29 is 18.5 Å². The number of hydrogen-bond acceptors (Lipinski definition) is 3. The minimum absolute atomic E-state index is 0.284. The molecule has 0 saturated carbocycles. The number of phosphoric ester groups is 1. The maximum atomic E-state index is 12.0. The second-order valence-electron chi connectivity index (χ2n) is 6.03. The van der Waals surface area contributed by atoms with E-state index < -0.39 is 7.82 Å². The lowest BCUT2D eigenvalue weighted by atomic mass is 9.96. The molecule has 5 heteroatoms. The minimum atomic E-state index is -4.05. The molecule has 1 N–H and O–H groups in total. The van der Waals surface area contributed by atoms with Crippen molar-refractivity contribution in [1.29, 1.82) is 0 Å². The Balaban J connectivity index is 2.42. The first-order chi connectivity index (χ1) is 11.1. The number of hydrogen-bond donors (Lipinski definition) is 1. The predicted octanol–water partition coefficient (Wildman–Crippen LogP) is 5.96. The van der Waals surface area contributed by atoms with Crippen molar-refractivity contribution in [2.75, 3.05) is 6.61 Å². The Kier molecular flexibility index (Phi) is 10.3. The SMILES string of the molecule is CCCCCCC(CCCC)COP(=O)(O)Oc1ccccc1. The lowest BCUT2D eigenvalue weighted by Crippen LogP contribution is -2.10. The van der Waals surface area contributed by atoms with Gasteiger partial charge in [0.2, 0.25) is 0 Å². The molecule has 0 fully saturated rings. The molecule has 1 rings (SSSR count). The van der Waals surface area contributed by atoms with E-state index in [2.05, 4.69) is 13.8 Å². The first-order valence-corrected chi connectivity index (χ1v) is 10.3. The Morgan fingerprint density at radius 2 is 1.65 bits per heavy atom. The summed E-state index contributed by atoms with van der Waals surface area (Å²) < 4.78 is 22.4. The molecule has 2 atom stereocenters. The highest BCUT2D eigenvalue weighted by Crippen LogP contribution is 2.44. The molecule has 0 aliphatic carbocycles. The van der Waals surface area contributed by atoms with Gasteiger partial charge in [-0.1, -0.05) is 70.6 Å². The van der Waals surface area contributed by atoms with Crippen LogP contribution in [0.4, 0.5) is 0 Å². The molecule has 0 saturated heterocycles. The van der Waals surface area contributed by atoms with E-state index in [4.69, 9.17) is 9.05 Å². The van der Waals surface area contributed by atoms with E-state index in [1.54, 1.807) is 24.3 Å². The molecule has 0 aliphatic rings. The first-order valence-electron chi connectivity index (χ1n) is 8.79. The third-order valence-electron chi connectivity index (χ3n) is 3.87. The predicted molar refractivity (Wildman–Crippen MR) is 94.6 cm³/mol. The molecule has 4 nitrogen and oxygen atoms in total. The highest BCUT2D eigenvalue weighted by Gasteiger charge is 2.24. The van der Waals surface area contributed by atoms with Crippen LogP contribution in [0, 0.1) is 5.92 Å². The topological polar surface area (TPSA) is 55.8 Å². The van der Waals surface area contributed by atoms with Crippen LogP contribution in [0.15, 0.2) is 30.3 Å². The van der Waals surface area contributed by atoms with Gasteiger partial charge in [0.05, 0.1) is 6.61 Å². The Morgan fingerprint density at radius 1 is 1.00 bits per heavy atom. The second-order valence-corrected chi connectivity index (χ2v) is 7.40. The van der Waals surface area contributed by atoms with E-state index in [9.17, 15) is 9.46 Å². The average Bonchev–Trinajstić information content (AvgIpc) is 2.54. The van der Waals surface area contributed by atoms with Gasteiger partial charge in [0, 0.05) is 0 Å². The molecule has 0 radical (unpaired) electrons. The molecule has 0 amide bonds. The molecule has 2 unspecified atom stereocenters. The van der Waals surface area contributed by atoms with E-state index in [1.165, 1.54) is 19.3 Å². The molecule has 0 spiro atoms. The van der Waals surface area contributed by atoms with Crippen LogP contribution in [-0.4, -0.2) is 11.5 Å². The lowest BCUT2D eigenvalue weighted by Gasteiger charge is -2.19. The molecule has 1 aromatic rings. The molecule has 0 aromatic heterocycles. The van der Waals surface area contributed by atoms with Crippen LogP contribution in [0.3, 0.4) is 0 Å². The molecule has 1 aromatic carbocycles. The normalized spacial score (nSPS) is 15.1. The third kappa shape index (κ3) is 9.80. The molecule has 0 heterocycles. The standard InChI is InChI=1S/C18H31O4P/c1-3-5-7-9-13-17(12-6-4-2)16-21-23(19,20)22-18-14-10-8-11-15-18/h8,10-11,14-15,17H,3-7,9,12-13,16H2,1-2H3,(H,19,20). The summed E-state index contributed by atoms with van der Waals surface area (Å²) in [6.07, 6.45) is 9.17. The summed E-state index contributed by atoms with van der Waals surface area (Å²) in [4.78, 5) is 9.86. The smallest absolute Gasteiger partial charge is 0.404 e. The largest absolute Gasteiger partial charge is 0.527 e. The van der Waals surface area contributed by atoms with Crippen molar-refractivity contribution in [3.63, 3.8) is 0 Å². The van der Waals surface area contributed by atoms with E-state index >= 15 is 0 Å². The summed E-state index contributed by atoms with van der Waals surface area (Å²) in [7, 11) is -4.05. The van der Waals surface area contributed by atoms with Crippen molar-refractivity contribution in [3.05, 3.63) is 30.3 Å². The summed E-state index contributed by atoms with van der Waals surface area (Å²) >= 11 is 0. The van der Waals surface area contributed by atoms with E-state index in [1.807, 2.05) is 6.07 Å². The molecule has 0 bridgehead atoms. The zero-order valence-corrected chi connectivity index (χ0v) is 15.3. The molecular weight excluding hydrogens is 311 g/mol. The number of phosphoric acid groups is 1. The molecule has 132 valence electrons. The van der Waals surface area contributed by atoms with Crippen molar-refractivity contribution in [2.24, 2.45) is 5.92 Å². The van der Waals surface area contributed by atoms with Crippen LogP contribution in [0.25, 0.3) is 0 Å². The van der Waals surface area contributed by atoms with Crippen LogP contribution in [0.2, 0.25) is 0 Å². The molecular formula is C18H31O4P. The summed E-state index contributed by atoms with van der Waals surface area (Å²) in [6.45, 7) is 4.64. The fourth-order valence-corrected chi connectivity index (χ4v) is 3.34. The Bertz CT molecular complexity index is 450.